The molecule has 1 heterocycles. The highest BCUT2D eigenvalue weighted by atomic mass is 32.2. The molecule has 0 spiro atoms. The maximum absolute atomic E-state index is 11.4. The van der Waals surface area contributed by atoms with Gasteiger partial charge in [0.25, 0.3) is 0 Å². The summed E-state index contributed by atoms with van der Waals surface area (Å²) in [5.41, 5.74) is 5.27. The molecule has 0 saturated carbocycles. The standard InChI is InChI=1S/C7H13N3O2S2/c8-3-1-2-6-14(11,12)10-7-9-4-5-13-7/h4-5H,1-3,6,8H2,(H,9,10). The quantitative estimate of drug-likeness (QED) is 0.708. The summed E-state index contributed by atoms with van der Waals surface area (Å²) >= 11 is 1.26. The van der Waals surface area contributed by atoms with E-state index in [-0.39, 0.29) is 5.75 Å². The Labute approximate surface area is 87.4 Å². The number of anilines is 1. The van der Waals surface area contributed by atoms with Crippen molar-refractivity contribution in [1.29, 1.82) is 0 Å². The van der Waals surface area contributed by atoms with Gasteiger partial charge in [-0.3, -0.25) is 4.72 Å². The molecule has 1 aromatic rings. The first kappa shape index (κ1) is 11.4. The van der Waals surface area contributed by atoms with Crippen LogP contribution in [0, 0.1) is 0 Å². The van der Waals surface area contributed by atoms with Crippen molar-refractivity contribution in [3.63, 3.8) is 0 Å². The molecule has 0 atom stereocenters. The molecule has 7 heteroatoms. The van der Waals surface area contributed by atoms with Gasteiger partial charge in [-0.15, -0.1) is 11.3 Å². The van der Waals surface area contributed by atoms with Gasteiger partial charge in [0.2, 0.25) is 10.0 Å². The molecule has 0 fully saturated rings. The van der Waals surface area contributed by atoms with Crippen LogP contribution in [0.25, 0.3) is 0 Å². The largest absolute Gasteiger partial charge is 0.330 e. The molecule has 0 aliphatic rings. The first-order chi connectivity index (χ1) is 6.64. The Morgan fingerprint density at radius 3 is 2.86 bits per heavy atom. The van der Waals surface area contributed by atoms with Gasteiger partial charge in [-0.05, 0) is 19.4 Å². The number of rotatable bonds is 6. The highest BCUT2D eigenvalue weighted by molar-refractivity contribution is 7.92. The van der Waals surface area contributed by atoms with Crippen molar-refractivity contribution >= 4 is 26.5 Å². The van der Waals surface area contributed by atoms with Crippen molar-refractivity contribution in [3.05, 3.63) is 11.6 Å². The summed E-state index contributed by atoms with van der Waals surface area (Å²) in [7, 11) is -3.23. The monoisotopic (exact) mass is 235 g/mol. The zero-order valence-corrected chi connectivity index (χ0v) is 9.27. The SMILES string of the molecule is NCCCCS(=O)(=O)Nc1nccs1. The van der Waals surface area contributed by atoms with Gasteiger partial charge in [0.05, 0.1) is 5.75 Å². The second-order valence-corrected chi connectivity index (χ2v) is 5.49. The van der Waals surface area contributed by atoms with E-state index in [4.69, 9.17) is 5.73 Å². The van der Waals surface area contributed by atoms with Crippen LogP contribution in [0.1, 0.15) is 12.8 Å². The van der Waals surface area contributed by atoms with E-state index in [1.165, 1.54) is 11.3 Å². The second-order valence-electron chi connectivity index (χ2n) is 2.75. The van der Waals surface area contributed by atoms with Gasteiger partial charge in [-0.1, -0.05) is 0 Å². The van der Waals surface area contributed by atoms with E-state index in [0.29, 0.717) is 18.1 Å². The number of sulfonamides is 1. The lowest BCUT2D eigenvalue weighted by Gasteiger charge is -2.03. The molecular formula is C7H13N3O2S2. The number of nitrogens with two attached hydrogens (primary N) is 1. The van der Waals surface area contributed by atoms with Crippen LogP contribution < -0.4 is 10.5 Å². The zero-order valence-electron chi connectivity index (χ0n) is 7.64. The summed E-state index contributed by atoms with van der Waals surface area (Å²) in [6.45, 7) is 0.521. The van der Waals surface area contributed by atoms with Crippen LogP contribution in [0.5, 0.6) is 0 Å². The van der Waals surface area contributed by atoms with Gasteiger partial charge < -0.3 is 5.73 Å². The molecular weight excluding hydrogens is 222 g/mol. The summed E-state index contributed by atoms with van der Waals surface area (Å²) in [6.07, 6.45) is 2.86. The Morgan fingerprint density at radius 1 is 1.50 bits per heavy atom. The third-order valence-corrected chi connectivity index (χ3v) is 3.69. The lowest BCUT2D eigenvalue weighted by atomic mass is 10.3. The van der Waals surface area contributed by atoms with Gasteiger partial charge in [-0.2, -0.15) is 0 Å². The van der Waals surface area contributed by atoms with Gasteiger partial charge in [0.1, 0.15) is 0 Å². The van der Waals surface area contributed by atoms with E-state index >= 15 is 0 Å². The van der Waals surface area contributed by atoms with Crippen LogP contribution in [-0.2, 0) is 10.0 Å². The Morgan fingerprint density at radius 2 is 2.29 bits per heavy atom. The molecule has 5 nitrogen and oxygen atoms in total. The minimum Gasteiger partial charge on any atom is -0.330 e. The molecule has 0 aliphatic heterocycles. The smallest absolute Gasteiger partial charge is 0.234 e. The fourth-order valence-corrected chi connectivity index (χ4v) is 2.84. The third kappa shape index (κ3) is 4.03. The van der Waals surface area contributed by atoms with E-state index in [1.54, 1.807) is 11.6 Å². The Kier molecular flexibility index (Phi) is 4.30. The molecule has 0 aliphatic carbocycles. The number of hydrogen-bond donors (Lipinski definition) is 2. The number of nitrogens with zero attached hydrogens (tertiary/aromatic N) is 1. The number of thiazole rings is 1. The van der Waals surface area contributed by atoms with Crippen LogP contribution in [0.4, 0.5) is 5.13 Å². The van der Waals surface area contributed by atoms with E-state index in [0.717, 1.165) is 6.42 Å². The molecule has 14 heavy (non-hydrogen) atoms. The van der Waals surface area contributed by atoms with E-state index in [2.05, 4.69) is 9.71 Å². The maximum atomic E-state index is 11.4. The van der Waals surface area contributed by atoms with Crippen LogP contribution >= 0.6 is 11.3 Å². The molecule has 0 amide bonds. The number of aromatic nitrogens is 1. The van der Waals surface area contributed by atoms with Crippen molar-refractivity contribution in [2.24, 2.45) is 5.73 Å². The molecule has 0 radical (unpaired) electrons. The molecule has 0 bridgehead atoms. The minimum absolute atomic E-state index is 0.101. The number of nitrogens with one attached hydrogen (secondary N) is 1. The highest BCUT2D eigenvalue weighted by Crippen LogP contribution is 2.12. The molecule has 80 valence electrons. The summed E-state index contributed by atoms with van der Waals surface area (Å²) in [5, 5.41) is 2.13. The molecule has 1 rings (SSSR count). The number of unbranched alkanes of at least 4 members (excludes halogenated alkanes) is 1. The van der Waals surface area contributed by atoms with Crippen LogP contribution in [0.3, 0.4) is 0 Å². The van der Waals surface area contributed by atoms with Crippen LogP contribution in [0.15, 0.2) is 11.6 Å². The van der Waals surface area contributed by atoms with Crippen molar-refractivity contribution in [2.75, 3.05) is 17.0 Å². The van der Waals surface area contributed by atoms with Crippen molar-refractivity contribution < 1.29 is 8.42 Å². The average Bonchev–Trinajstić information content (AvgIpc) is 2.56. The van der Waals surface area contributed by atoms with E-state index in [9.17, 15) is 8.42 Å². The Hall–Kier alpha value is -0.660. The van der Waals surface area contributed by atoms with Crippen LogP contribution in [0.2, 0.25) is 0 Å². The van der Waals surface area contributed by atoms with Gasteiger partial charge in [0.15, 0.2) is 5.13 Å². The normalized spacial score (nSPS) is 11.5. The predicted octanol–water partition coefficient (Wildman–Crippen LogP) is 0.624. The Bertz CT molecular complexity index is 347. The fourth-order valence-electron chi connectivity index (χ4n) is 0.894. The number of hydrogen-bond acceptors (Lipinski definition) is 5. The first-order valence-electron chi connectivity index (χ1n) is 4.24. The molecule has 3 N–H and O–H groups in total. The van der Waals surface area contributed by atoms with Gasteiger partial charge >= 0.3 is 0 Å². The summed E-state index contributed by atoms with van der Waals surface area (Å²) in [4.78, 5) is 3.83. The van der Waals surface area contributed by atoms with Gasteiger partial charge in [-0.25, -0.2) is 13.4 Å². The molecule has 0 aromatic carbocycles. The van der Waals surface area contributed by atoms with Crippen molar-refractivity contribution in [1.82, 2.24) is 4.98 Å². The topological polar surface area (TPSA) is 85.1 Å². The average molecular weight is 235 g/mol. The highest BCUT2D eigenvalue weighted by Gasteiger charge is 2.10. The molecule has 0 unspecified atom stereocenters. The Balaban J connectivity index is 2.42. The summed E-state index contributed by atoms with van der Waals surface area (Å²) in [5.74, 6) is 0.101. The van der Waals surface area contributed by atoms with Crippen molar-refractivity contribution in [2.45, 2.75) is 12.8 Å². The molecule has 1 aromatic heterocycles. The maximum Gasteiger partial charge on any atom is 0.234 e. The van der Waals surface area contributed by atoms with E-state index in [1.807, 2.05) is 0 Å². The van der Waals surface area contributed by atoms with Crippen LogP contribution in [-0.4, -0.2) is 25.7 Å². The first-order valence-corrected chi connectivity index (χ1v) is 6.77. The fraction of sp³-hybridized carbons (Fsp3) is 0.571. The summed E-state index contributed by atoms with van der Waals surface area (Å²) in [6, 6.07) is 0. The third-order valence-electron chi connectivity index (χ3n) is 1.54. The lowest BCUT2D eigenvalue weighted by Crippen LogP contribution is -2.17. The minimum atomic E-state index is -3.23. The second kappa shape index (κ2) is 5.28. The predicted molar refractivity (Wildman–Crippen MR) is 57.8 cm³/mol. The lowest BCUT2D eigenvalue weighted by molar-refractivity contribution is 0.597. The summed E-state index contributed by atoms with van der Waals surface area (Å²) < 4.78 is 25.2. The zero-order chi connectivity index (χ0) is 10.4. The van der Waals surface area contributed by atoms with Crippen molar-refractivity contribution in [3.8, 4) is 0 Å². The molecule has 0 saturated heterocycles. The van der Waals surface area contributed by atoms with Gasteiger partial charge in [0, 0.05) is 11.6 Å². The van der Waals surface area contributed by atoms with E-state index < -0.39 is 10.0 Å².